The minimum Gasteiger partial charge on any atom is -0.294 e. The van der Waals surface area contributed by atoms with Gasteiger partial charge in [0, 0.05) is 22.0 Å². The van der Waals surface area contributed by atoms with Gasteiger partial charge in [0.1, 0.15) is 0 Å². The number of benzene rings is 1. The lowest BCUT2D eigenvalue weighted by molar-refractivity contribution is 0.0907. The Labute approximate surface area is 107 Å². The summed E-state index contributed by atoms with van der Waals surface area (Å²) in [6.07, 6.45) is 4.86. The van der Waals surface area contributed by atoms with E-state index >= 15 is 0 Å². The molecule has 0 aliphatic carbocycles. The van der Waals surface area contributed by atoms with Gasteiger partial charge in [-0.3, -0.25) is 4.79 Å². The van der Waals surface area contributed by atoms with Crippen molar-refractivity contribution in [2.24, 2.45) is 5.92 Å². The highest BCUT2D eigenvalue weighted by Gasteiger charge is 2.37. The van der Waals surface area contributed by atoms with Crippen molar-refractivity contribution < 1.29 is 4.79 Å². The van der Waals surface area contributed by atoms with E-state index in [1.807, 2.05) is 18.2 Å². The Hall–Kier alpha value is -0.760. The normalized spacial score (nSPS) is 31.5. The summed E-state index contributed by atoms with van der Waals surface area (Å²) in [4.78, 5) is 12.5. The van der Waals surface area contributed by atoms with Gasteiger partial charge in [0.05, 0.1) is 0 Å². The summed E-state index contributed by atoms with van der Waals surface area (Å²) in [6, 6.07) is 8.05. The van der Waals surface area contributed by atoms with Crippen LogP contribution in [0.15, 0.2) is 24.3 Å². The third kappa shape index (κ3) is 2.28. The average molecular weight is 246 g/mol. The molecular formula is C15H18OS. The molecule has 0 saturated carbocycles. The summed E-state index contributed by atoms with van der Waals surface area (Å²) in [6.45, 7) is 2.05. The van der Waals surface area contributed by atoms with Crippen molar-refractivity contribution in [2.75, 3.05) is 0 Å². The van der Waals surface area contributed by atoms with Gasteiger partial charge in [-0.2, -0.15) is 11.8 Å². The zero-order chi connectivity index (χ0) is 11.8. The maximum absolute atomic E-state index is 12.5. The zero-order valence-electron chi connectivity index (χ0n) is 10.2. The molecule has 2 heteroatoms. The highest BCUT2D eigenvalue weighted by molar-refractivity contribution is 8.00. The van der Waals surface area contributed by atoms with Crippen molar-refractivity contribution in [1.29, 1.82) is 0 Å². The maximum atomic E-state index is 12.5. The number of ketones is 1. The Morgan fingerprint density at radius 3 is 2.59 bits per heavy atom. The molecule has 0 amide bonds. The van der Waals surface area contributed by atoms with Crippen molar-refractivity contribution in [1.82, 2.24) is 0 Å². The lowest BCUT2D eigenvalue weighted by atomic mass is 9.90. The van der Waals surface area contributed by atoms with Crippen LogP contribution in [0.1, 0.15) is 41.6 Å². The largest absolute Gasteiger partial charge is 0.294 e. The van der Waals surface area contributed by atoms with E-state index in [4.69, 9.17) is 0 Å². The van der Waals surface area contributed by atoms with Crippen LogP contribution in [-0.2, 0) is 0 Å². The first-order chi connectivity index (χ1) is 8.22. The Morgan fingerprint density at radius 1 is 1.24 bits per heavy atom. The lowest BCUT2D eigenvalue weighted by Gasteiger charge is -2.26. The molecule has 0 radical (unpaired) electrons. The minimum absolute atomic E-state index is 0.288. The molecule has 17 heavy (non-hydrogen) atoms. The van der Waals surface area contributed by atoms with Gasteiger partial charge >= 0.3 is 0 Å². The van der Waals surface area contributed by atoms with Crippen LogP contribution >= 0.6 is 11.8 Å². The highest BCUT2D eigenvalue weighted by atomic mass is 32.2. The SMILES string of the molecule is Cc1cccc(C(=O)C2CC3CCC(C2)S3)c1. The number of Topliss-reactive ketones (excluding diaryl/α,β-unsaturated/α-hetero) is 1. The van der Waals surface area contributed by atoms with Crippen molar-refractivity contribution in [3.8, 4) is 0 Å². The number of carbonyl (C=O) groups excluding carboxylic acids is 1. The minimum atomic E-state index is 0.288. The van der Waals surface area contributed by atoms with Crippen LogP contribution in [0.2, 0.25) is 0 Å². The van der Waals surface area contributed by atoms with E-state index in [-0.39, 0.29) is 5.92 Å². The molecule has 90 valence electrons. The summed E-state index contributed by atoms with van der Waals surface area (Å²) in [5.74, 6) is 0.668. The molecular weight excluding hydrogens is 228 g/mol. The molecule has 2 aliphatic heterocycles. The fourth-order valence-corrected chi connectivity index (χ4v) is 4.88. The Kier molecular flexibility index (Phi) is 2.99. The quantitative estimate of drug-likeness (QED) is 0.737. The van der Waals surface area contributed by atoms with Gasteiger partial charge in [-0.05, 0) is 38.7 Å². The van der Waals surface area contributed by atoms with Crippen LogP contribution < -0.4 is 0 Å². The first-order valence-electron chi connectivity index (χ1n) is 6.49. The number of thioether (sulfide) groups is 1. The van der Waals surface area contributed by atoms with Gasteiger partial charge in [0.2, 0.25) is 0 Å². The fourth-order valence-electron chi connectivity index (χ4n) is 3.11. The second kappa shape index (κ2) is 4.49. The number of carbonyl (C=O) groups is 1. The third-order valence-corrected chi connectivity index (χ3v) is 5.59. The standard InChI is InChI=1S/C15H18OS/c1-10-3-2-4-11(7-10)15(16)12-8-13-5-6-14(9-12)17-13/h2-4,7,12-14H,5-6,8-9H2,1H3. The first kappa shape index (κ1) is 11.3. The van der Waals surface area contributed by atoms with Crippen LogP contribution in [0.4, 0.5) is 0 Å². The molecule has 2 fully saturated rings. The van der Waals surface area contributed by atoms with Gasteiger partial charge < -0.3 is 0 Å². The Bertz CT molecular complexity index is 428. The molecule has 2 aliphatic rings. The predicted octanol–water partition coefficient (Wildman–Crippen LogP) is 3.85. The van der Waals surface area contributed by atoms with Crippen molar-refractivity contribution in [3.05, 3.63) is 35.4 Å². The van der Waals surface area contributed by atoms with Gasteiger partial charge in [-0.1, -0.05) is 23.8 Å². The van der Waals surface area contributed by atoms with Crippen molar-refractivity contribution >= 4 is 17.5 Å². The third-order valence-electron chi connectivity index (χ3n) is 3.96. The summed E-state index contributed by atoms with van der Waals surface area (Å²) in [5, 5.41) is 1.51. The molecule has 2 bridgehead atoms. The van der Waals surface area contributed by atoms with Crippen LogP contribution in [0.25, 0.3) is 0 Å². The lowest BCUT2D eigenvalue weighted by Crippen LogP contribution is -2.24. The van der Waals surface area contributed by atoms with Crippen LogP contribution in [0.5, 0.6) is 0 Å². The fraction of sp³-hybridized carbons (Fsp3) is 0.533. The van der Waals surface area contributed by atoms with Crippen LogP contribution in [-0.4, -0.2) is 16.3 Å². The molecule has 2 atom stereocenters. The number of aryl methyl sites for hydroxylation is 1. The highest BCUT2D eigenvalue weighted by Crippen LogP contribution is 2.46. The monoisotopic (exact) mass is 246 g/mol. The van der Waals surface area contributed by atoms with E-state index in [0.29, 0.717) is 5.78 Å². The Balaban J connectivity index is 1.78. The van der Waals surface area contributed by atoms with Crippen molar-refractivity contribution in [2.45, 2.75) is 43.1 Å². The predicted molar refractivity (Wildman–Crippen MR) is 72.6 cm³/mol. The summed E-state index contributed by atoms with van der Waals surface area (Å²) < 4.78 is 0. The number of fused-ring (bicyclic) bond motifs is 2. The maximum Gasteiger partial charge on any atom is 0.166 e. The van der Waals surface area contributed by atoms with Gasteiger partial charge in [-0.15, -0.1) is 0 Å². The topological polar surface area (TPSA) is 17.1 Å². The molecule has 2 saturated heterocycles. The molecule has 2 heterocycles. The molecule has 1 aromatic carbocycles. The average Bonchev–Trinajstić information content (AvgIpc) is 2.67. The van der Waals surface area contributed by atoms with Gasteiger partial charge in [0.15, 0.2) is 5.78 Å². The second-order valence-corrected chi connectivity index (χ2v) is 6.97. The molecule has 3 rings (SSSR count). The van der Waals surface area contributed by atoms with E-state index in [0.717, 1.165) is 28.9 Å². The summed E-state index contributed by atoms with van der Waals surface area (Å²) in [5.41, 5.74) is 2.10. The molecule has 0 N–H and O–H groups in total. The number of hydrogen-bond donors (Lipinski definition) is 0. The van der Waals surface area contributed by atoms with Crippen LogP contribution in [0.3, 0.4) is 0 Å². The molecule has 0 aromatic heterocycles. The molecule has 1 nitrogen and oxygen atoms in total. The van der Waals surface area contributed by atoms with E-state index in [1.165, 1.54) is 18.4 Å². The molecule has 0 spiro atoms. The van der Waals surface area contributed by atoms with E-state index in [2.05, 4.69) is 24.8 Å². The first-order valence-corrected chi connectivity index (χ1v) is 7.43. The van der Waals surface area contributed by atoms with E-state index in [9.17, 15) is 4.79 Å². The van der Waals surface area contributed by atoms with Crippen LogP contribution in [0, 0.1) is 12.8 Å². The van der Waals surface area contributed by atoms with E-state index < -0.39 is 0 Å². The number of rotatable bonds is 2. The molecule has 2 unspecified atom stereocenters. The summed E-state index contributed by atoms with van der Waals surface area (Å²) in [7, 11) is 0. The number of hydrogen-bond acceptors (Lipinski definition) is 2. The van der Waals surface area contributed by atoms with Gasteiger partial charge in [-0.25, -0.2) is 0 Å². The smallest absolute Gasteiger partial charge is 0.166 e. The molecule has 1 aromatic rings. The Morgan fingerprint density at radius 2 is 1.94 bits per heavy atom. The summed E-state index contributed by atoms with van der Waals surface area (Å²) >= 11 is 2.12. The zero-order valence-corrected chi connectivity index (χ0v) is 11.0. The van der Waals surface area contributed by atoms with E-state index in [1.54, 1.807) is 0 Å². The van der Waals surface area contributed by atoms with Crippen molar-refractivity contribution in [3.63, 3.8) is 0 Å². The second-order valence-electron chi connectivity index (χ2n) is 5.36. The van der Waals surface area contributed by atoms with Gasteiger partial charge in [0.25, 0.3) is 0 Å².